The first-order valence-electron chi connectivity index (χ1n) is 8.84. The summed E-state index contributed by atoms with van der Waals surface area (Å²) in [4.78, 5) is 16.5. The van der Waals surface area contributed by atoms with E-state index >= 15 is 0 Å². The molecule has 0 atom stereocenters. The van der Waals surface area contributed by atoms with Crippen molar-refractivity contribution in [2.24, 2.45) is 0 Å². The standard InChI is InChI=1S/C20H15Cl2N5O2S/c21-16-6-5-14(9-17(16)22)24-18(28)12-30-20-26-25-19(13-3-1-7-23-10-13)27(20)11-15-4-2-8-29-15/h1-10H,11-12H2,(H,24,28). The van der Waals surface area contributed by atoms with Crippen LogP contribution in [-0.4, -0.2) is 31.4 Å². The van der Waals surface area contributed by atoms with Crippen LogP contribution in [0.15, 0.2) is 70.7 Å². The van der Waals surface area contributed by atoms with Gasteiger partial charge in [-0.25, -0.2) is 0 Å². The molecule has 0 saturated carbocycles. The van der Waals surface area contributed by atoms with Crippen molar-refractivity contribution in [2.45, 2.75) is 11.7 Å². The van der Waals surface area contributed by atoms with Crippen molar-refractivity contribution in [1.29, 1.82) is 0 Å². The van der Waals surface area contributed by atoms with Gasteiger partial charge in [0.05, 0.1) is 28.6 Å². The summed E-state index contributed by atoms with van der Waals surface area (Å²) in [5.41, 5.74) is 1.40. The Bertz CT molecular complexity index is 1150. The van der Waals surface area contributed by atoms with Crippen molar-refractivity contribution in [2.75, 3.05) is 11.1 Å². The number of rotatable bonds is 7. The smallest absolute Gasteiger partial charge is 0.234 e. The topological polar surface area (TPSA) is 85.8 Å². The van der Waals surface area contributed by atoms with Gasteiger partial charge in [-0.15, -0.1) is 10.2 Å². The first kappa shape index (κ1) is 20.5. The Kier molecular flexibility index (Phi) is 6.37. The van der Waals surface area contributed by atoms with Crippen molar-refractivity contribution >= 4 is 46.6 Å². The lowest BCUT2D eigenvalue weighted by Crippen LogP contribution is -2.14. The van der Waals surface area contributed by atoms with E-state index < -0.39 is 0 Å². The van der Waals surface area contributed by atoms with E-state index in [0.29, 0.717) is 33.3 Å². The predicted molar refractivity (Wildman–Crippen MR) is 117 cm³/mol. The molecule has 0 saturated heterocycles. The highest BCUT2D eigenvalue weighted by molar-refractivity contribution is 7.99. The van der Waals surface area contributed by atoms with Crippen LogP contribution in [0.3, 0.4) is 0 Å². The second-order valence-corrected chi connectivity index (χ2v) is 7.94. The number of hydrogen-bond acceptors (Lipinski definition) is 6. The second kappa shape index (κ2) is 9.34. The van der Waals surface area contributed by atoms with Crippen molar-refractivity contribution in [3.63, 3.8) is 0 Å². The average Bonchev–Trinajstić information content (AvgIpc) is 3.40. The Morgan fingerprint density at radius 3 is 2.77 bits per heavy atom. The number of pyridine rings is 1. The van der Waals surface area contributed by atoms with E-state index in [4.69, 9.17) is 27.6 Å². The van der Waals surface area contributed by atoms with E-state index in [1.165, 1.54) is 11.8 Å². The Morgan fingerprint density at radius 2 is 2.03 bits per heavy atom. The van der Waals surface area contributed by atoms with E-state index in [1.54, 1.807) is 36.9 Å². The van der Waals surface area contributed by atoms with Crippen LogP contribution in [0.1, 0.15) is 5.76 Å². The summed E-state index contributed by atoms with van der Waals surface area (Å²) in [6.45, 7) is 0.432. The second-order valence-electron chi connectivity index (χ2n) is 6.18. The molecule has 3 aromatic heterocycles. The summed E-state index contributed by atoms with van der Waals surface area (Å²) in [6.07, 6.45) is 5.02. The van der Waals surface area contributed by atoms with Crippen LogP contribution in [0.5, 0.6) is 0 Å². The van der Waals surface area contributed by atoms with Gasteiger partial charge in [0.1, 0.15) is 5.76 Å². The number of nitrogens with zero attached hydrogens (tertiary/aromatic N) is 4. The number of carbonyl (C=O) groups is 1. The lowest BCUT2D eigenvalue weighted by atomic mass is 10.2. The van der Waals surface area contributed by atoms with E-state index in [1.807, 2.05) is 28.8 Å². The van der Waals surface area contributed by atoms with Crippen LogP contribution in [0.4, 0.5) is 5.69 Å². The molecular formula is C20H15Cl2N5O2S. The molecule has 30 heavy (non-hydrogen) atoms. The minimum Gasteiger partial charge on any atom is -0.467 e. The van der Waals surface area contributed by atoms with Gasteiger partial charge in [-0.2, -0.15) is 0 Å². The molecule has 0 spiro atoms. The SMILES string of the molecule is O=C(CSc1nnc(-c2cccnc2)n1Cc1ccco1)Nc1ccc(Cl)c(Cl)c1. The Hall–Kier alpha value is -2.81. The van der Waals surface area contributed by atoms with E-state index in [2.05, 4.69) is 20.5 Å². The quantitative estimate of drug-likeness (QED) is 0.390. The van der Waals surface area contributed by atoms with Gasteiger partial charge in [-0.3, -0.25) is 14.3 Å². The van der Waals surface area contributed by atoms with Crippen LogP contribution >= 0.6 is 35.0 Å². The van der Waals surface area contributed by atoms with Crippen molar-refractivity contribution < 1.29 is 9.21 Å². The van der Waals surface area contributed by atoms with Crippen molar-refractivity contribution in [3.05, 3.63) is 76.9 Å². The fourth-order valence-corrected chi connectivity index (χ4v) is 3.74. The molecule has 0 bridgehead atoms. The number of nitrogens with one attached hydrogen (secondary N) is 1. The lowest BCUT2D eigenvalue weighted by molar-refractivity contribution is -0.113. The van der Waals surface area contributed by atoms with E-state index in [-0.39, 0.29) is 11.7 Å². The van der Waals surface area contributed by atoms with Gasteiger partial charge in [0.15, 0.2) is 11.0 Å². The first-order valence-corrected chi connectivity index (χ1v) is 10.6. The third-order valence-electron chi connectivity index (χ3n) is 4.07. The van der Waals surface area contributed by atoms with E-state index in [9.17, 15) is 4.79 Å². The van der Waals surface area contributed by atoms with Gasteiger partial charge in [0.2, 0.25) is 5.91 Å². The molecule has 1 aromatic carbocycles. The molecule has 0 radical (unpaired) electrons. The largest absolute Gasteiger partial charge is 0.467 e. The highest BCUT2D eigenvalue weighted by Gasteiger charge is 2.17. The van der Waals surface area contributed by atoms with E-state index in [0.717, 1.165) is 11.3 Å². The average molecular weight is 460 g/mol. The molecule has 10 heteroatoms. The first-order chi connectivity index (χ1) is 14.6. The molecule has 3 heterocycles. The molecule has 0 aliphatic rings. The van der Waals surface area contributed by atoms with Crippen LogP contribution in [-0.2, 0) is 11.3 Å². The predicted octanol–water partition coefficient (Wildman–Crippen LogP) is 5.02. The summed E-state index contributed by atoms with van der Waals surface area (Å²) < 4.78 is 7.37. The van der Waals surface area contributed by atoms with Gasteiger partial charge in [-0.05, 0) is 42.5 Å². The number of furan rings is 1. The molecular weight excluding hydrogens is 445 g/mol. The van der Waals surface area contributed by atoms with Crippen LogP contribution in [0, 0.1) is 0 Å². The molecule has 1 N–H and O–H groups in total. The lowest BCUT2D eigenvalue weighted by Gasteiger charge is -2.09. The number of anilines is 1. The van der Waals surface area contributed by atoms with Crippen LogP contribution < -0.4 is 5.32 Å². The third-order valence-corrected chi connectivity index (χ3v) is 5.77. The summed E-state index contributed by atoms with van der Waals surface area (Å²) in [7, 11) is 0. The zero-order valence-electron chi connectivity index (χ0n) is 15.5. The molecule has 0 unspecified atom stereocenters. The van der Waals surface area contributed by atoms with Gasteiger partial charge >= 0.3 is 0 Å². The maximum Gasteiger partial charge on any atom is 0.234 e. The van der Waals surface area contributed by atoms with Crippen LogP contribution in [0.25, 0.3) is 11.4 Å². The van der Waals surface area contributed by atoms with Crippen molar-refractivity contribution in [1.82, 2.24) is 19.7 Å². The number of thioether (sulfide) groups is 1. The van der Waals surface area contributed by atoms with Gasteiger partial charge in [-0.1, -0.05) is 35.0 Å². The van der Waals surface area contributed by atoms with Crippen molar-refractivity contribution in [3.8, 4) is 11.4 Å². The minimum absolute atomic E-state index is 0.142. The number of aromatic nitrogens is 4. The zero-order valence-corrected chi connectivity index (χ0v) is 17.8. The Labute approximate surface area is 186 Å². The summed E-state index contributed by atoms with van der Waals surface area (Å²) in [6, 6.07) is 12.4. The minimum atomic E-state index is -0.200. The molecule has 0 aliphatic carbocycles. The summed E-state index contributed by atoms with van der Waals surface area (Å²) >= 11 is 13.2. The number of halogens is 2. The highest BCUT2D eigenvalue weighted by atomic mass is 35.5. The number of hydrogen-bond donors (Lipinski definition) is 1. The molecule has 0 fully saturated rings. The maximum atomic E-state index is 12.4. The molecule has 7 nitrogen and oxygen atoms in total. The third kappa shape index (κ3) is 4.84. The van der Waals surface area contributed by atoms with Crippen LogP contribution in [0.2, 0.25) is 10.0 Å². The monoisotopic (exact) mass is 459 g/mol. The normalized spacial score (nSPS) is 10.9. The molecule has 4 rings (SSSR count). The molecule has 0 aliphatic heterocycles. The van der Waals surface area contributed by atoms with Gasteiger partial charge in [0.25, 0.3) is 0 Å². The zero-order chi connectivity index (χ0) is 20.9. The summed E-state index contributed by atoms with van der Waals surface area (Å²) in [5.74, 6) is 1.34. The molecule has 4 aromatic rings. The highest BCUT2D eigenvalue weighted by Crippen LogP contribution is 2.27. The fourth-order valence-electron chi connectivity index (χ4n) is 2.71. The Morgan fingerprint density at radius 1 is 1.13 bits per heavy atom. The maximum absolute atomic E-state index is 12.4. The number of amides is 1. The molecule has 152 valence electrons. The molecule has 1 amide bonds. The van der Waals surface area contributed by atoms with Gasteiger partial charge in [0, 0.05) is 23.6 Å². The van der Waals surface area contributed by atoms with Gasteiger partial charge < -0.3 is 9.73 Å². The number of carbonyl (C=O) groups excluding carboxylic acids is 1. The number of benzene rings is 1. The summed E-state index contributed by atoms with van der Waals surface area (Å²) in [5, 5.41) is 12.8. The Balaban J connectivity index is 1.51. The fraction of sp³-hybridized carbons (Fsp3) is 0.100.